The van der Waals surface area contributed by atoms with Crippen LogP contribution < -0.4 is 15.5 Å². The van der Waals surface area contributed by atoms with Crippen molar-refractivity contribution in [1.82, 2.24) is 15.0 Å². The van der Waals surface area contributed by atoms with Gasteiger partial charge < -0.3 is 20.6 Å². The number of aryl methyl sites for hydroxylation is 1. The van der Waals surface area contributed by atoms with E-state index in [4.69, 9.17) is 23.2 Å². The molecular weight excluding hydrogens is 451 g/mol. The van der Waals surface area contributed by atoms with E-state index < -0.39 is 5.91 Å². The fraction of sp³-hybridized carbons (Fsp3) is 0.273. The highest BCUT2D eigenvalue weighted by atomic mass is 35.5. The summed E-state index contributed by atoms with van der Waals surface area (Å²) in [6, 6.07) is 10.1. The highest BCUT2D eigenvalue weighted by Crippen LogP contribution is 2.26. The van der Waals surface area contributed by atoms with Crippen molar-refractivity contribution in [1.29, 1.82) is 0 Å². The van der Waals surface area contributed by atoms with Crippen LogP contribution in [0.4, 0.5) is 23.3 Å². The maximum Gasteiger partial charge on any atom is 0.258 e. The van der Waals surface area contributed by atoms with Gasteiger partial charge in [-0.25, -0.2) is 9.97 Å². The number of aliphatic hydroxyl groups is 1. The molecule has 166 valence electrons. The summed E-state index contributed by atoms with van der Waals surface area (Å²) < 4.78 is 0. The summed E-state index contributed by atoms with van der Waals surface area (Å²) >= 11 is 12.3. The van der Waals surface area contributed by atoms with E-state index >= 15 is 0 Å². The number of halogens is 2. The number of hydrogen-bond donors (Lipinski definition) is 3. The van der Waals surface area contributed by atoms with Gasteiger partial charge in [0.05, 0.1) is 21.7 Å². The number of amides is 1. The molecule has 4 rings (SSSR count). The average molecular weight is 473 g/mol. The second kappa shape index (κ2) is 9.68. The Morgan fingerprint density at radius 2 is 1.81 bits per heavy atom. The molecule has 0 atom stereocenters. The lowest BCUT2D eigenvalue weighted by molar-refractivity contribution is 0.102. The second-order valence-corrected chi connectivity index (χ2v) is 8.33. The number of hydrogen-bond acceptors (Lipinski definition) is 7. The first-order valence-corrected chi connectivity index (χ1v) is 10.9. The fourth-order valence-electron chi connectivity index (χ4n) is 3.44. The molecule has 2 aromatic heterocycles. The molecule has 0 unspecified atom stereocenters. The molecule has 1 aliphatic heterocycles. The van der Waals surface area contributed by atoms with Gasteiger partial charge in [-0.3, -0.25) is 4.79 Å². The van der Waals surface area contributed by atoms with Crippen molar-refractivity contribution in [2.45, 2.75) is 25.9 Å². The van der Waals surface area contributed by atoms with Crippen LogP contribution in [-0.4, -0.2) is 45.2 Å². The highest BCUT2D eigenvalue weighted by molar-refractivity contribution is 6.40. The van der Waals surface area contributed by atoms with Crippen LogP contribution in [0.25, 0.3) is 0 Å². The summed E-state index contributed by atoms with van der Waals surface area (Å²) in [6.07, 6.45) is 2.70. The topological polar surface area (TPSA) is 103 Å². The number of benzene rings is 1. The number of rotatable bonds is 5. The van der Waals surface area contributed by atoms with Crippen molar-refractivity contribution in [3.05, 3.63) is 63.9 Å². The average Bonchev–Trinajstić information content (AvgIpc) is 2.74. The third kappa shape index (κ3) is 5.27. The summed E-state index contributed by atoms with van der Waals surface area (Å²) in [6.45, 7) is 3.30. The summed E-state index contributed by atoms with van der Waals surface area (Å²) in [7, 11) is 0. The summed E-state index contributed by atoms with van der Waals surface area (Å²) in [5.41, 5.74) is 1.55. The van der Waals surface area contributed by atoms with Gasteiger partial charge in [0.15, 0.2) is 0 Å². The lowest BCUT2D eigenvalue weighted by Gasteiger charge is -2.29. The molecule has 0 aliphatic carbocycles. The number of carbonyl (C=O) groups is 1. The van der Waals surface area contributed by atoms with Crippen molar-refractivity contribution in [3.63, 3.8) is 0 Å². The van der Waals surface area contributed by atoms with E-state index in [-0.39, 0.29) is 21.7 Å². The SMILES string of the molecule is Cc1cc(Nc2cc(NC(=O)c3c(Cl)cccc3Cl)ccn2)nc(N2CCC(O)CC2)n1. The third-order valence-electron chi connectivity index (χ3n) is 5.05. The first-order chi connectivity index (χ1) is 15.4. The molecule has 3 N–H and O–H groups in total. The smallest absolute Gasteiger partial charge is 0.258 e. The molecule has 0 radical (unpaired) electrons. The highest BCUT2D eigenvalue weighted by Gasteiger charge is 2.20. The number of carbonyl (C=O) groups excluding carboxylic acids is 1. The molecule has 3 aromatic rings. The van der Waals surface area contributed by atoms with Gasteiger partial charge in [0.2, 0.25) is 5.95 Å². The lowest BCUT2D eigenvalue weighted by atomic mass is 10.1. The zero-order chi connectivity index (χ0) is 22.7. The van der Waals surface area contributed by atoms with Crippen LogP contribution in [0.1, 0.15) is 28.9 Å². The summed E-state index contributed by atoms with van der Waals surface area (Å²) in [5.74, 6) is 1.29. The molecule has 1 aromatic carbocycles. The van der Waals surface area contributed by atoms with Crippen LogP contribution in [0, 0.1) is 6.92 Å². The number of pyridine rings is 1. The summed E-state index contributed by atoms with van der Waals surface area (Å²) in [4.78, 5) is 28.1. The molecule has 1 aliphatic rings. The van der Waals surface area contributed by atoms with E-state index in [9.17, 15) is 9.90 Å². The Morgan fingerprint density at radius 1 is 1.09 bits per heavy atom. The molecule has 0 saturated carbocycles. The van der Waals surface area contributed by atoms with Crippen LogP contribution in [-0.2, 0) is 0 Å². The molecule has 1 amide bonds. The van der Waals surface area contributed by atoms with Crippen LogP contribution in [0.3, 0.4) is 0 Å². The Kier molecular flexibility index (Phi) is 6.74. The number of nitrogens with one attached hydrogen (secondary N) is 2. The number of aliphatic hydroxyl groups excluding tert-OH is 1. The van der Waals surface area contributed by atoms with E-state index in [1.807, 2.05) is 13.0 Å². The van der Waals surface area contributed by atoms with Gasteiger partial charge in [0.1, 0.15) is 11.6 Å². The largest absolute Gasteiger partial charge is 0.393 e. The van der Waals surface area contributed by atoms with Crippen molar-refractivity contribution in [3.8, 4) is 0 Å². The molecule has 3 heterocycles. The monoisotopic (exact) mass is 472 g/mol. The Hall–Kier alpha value is -2.94. The van der Waals surface area contributed by atoms with Crippen LogP contribution in [0.5, 0.6) is 0 Å². The van der Waals surface area contributed by atoms with Crippen molar-refractivity contribution < 1.29 is 9.90 Å². The van der Waals surface area contributed by atoms with Gasteiger partial charge >= 0.3 is 0 Å². The molecule has 0 bridgehead atoms. The van der Waals surface area contributed by atoms with E-state index in [0.717, 1.165) is 5.69 Å². The minimum Gasteiger partial charge on any atom is -0.393 e. The first-order valence-electron chi connectivity index (χ1n) is 10.2. The minimum absolute atomic E-state index is 0.213. The van der Waals surface area contributed by atoms with Gasteiger partial charge in [-0.1, -0.05) is 29.3 Å². The number of anilines is 4. The number of piperidine rings is 1. The van der Waals surface area contributed by atoms with Gasteiger partial charge in [0.25, 0.3) is 5.91 Å². The Balaban J connectivity index is 1.50. The molecule has 32 heavy (non-hydrogen) atoms. The maximum atomic E-state index is 12.6. The van der Waals surface area contributed by atoms with Gasteiger partial charge in [-0.15, -0.1) is 0 Å². The van der Waals surface area contributed by atoms with E-state index in [0.29, 0.717) is 49.2 Å². The molecule has 10 heteroatoms. The van der Waals surface area contributed by atoms with Crippen molar-refractivity contribution in [2.24, 2.45) is 0 Å². The van der Waals surface area contributed by atoms with Crippen LogP contribution >= 0.6 is 23.2 Å². The fourth-order valence-corrected chi connectivity index (χ4v) is 4.01. The van der Waals surface area contributed by atoms with E-state index in [2.05, 4.69) is 30.5 Å². The van der Waals surface area contributed by atoms with Crippen molar-refractivity contribution >= 4 is 52.4 Å². The molecule has 1 fully saturated rings. The zero-order valence-corrected chi connectivity index (χ0v) is 18.9. The third-order valence-corrected chi connectivity index (χ3v) is 5.68. The van der Waals surface area contributed by atoms with Gasteiger partial charge in [-0.05, 0) is 38.0 Å². The zero-order valence-electron chi connectivity index (χ0n) is 17.3. The molecule has 1 saturated heterocycles. The first kappa shape index (κ1) is 22.3. The second-order valence-electron chi connectivity index (χ2n) is 7.52. The molecular formula is C22H22Cl2N6O2. The predicted octanol–water partition coefficient (Wildman–Crippen LogP) is 4.44. The van der Waals surface area contributed by atoms with Gasteiger partial charge in [0, 0.05) is 42.8 Å². The van der Waals surface area contributed by atoms with E-state index in [1.165, 1.54) is 0 Å². The van der Waals surface area contributed by atoms with Crippen LogP contribution in [0.15, 0.2) is 42.6 Å². The molecule has 8 nitrogen and oxygen atoms in total. The van der Waals surface area contributed by atoms with Crippen LogP contribution in [0.2, 0.25) is 10.0 Å². The quantitative estimate of drug-likeness (QED) is 0.503. The summed E-state index contributed by atoms with van der Waals surface area (Å²) in [5, 5.41) is 16.2. The maximum absolute atomic E-state index is 12.6. The standard InChI is InChI=1S/C22H22Cl2N6O2/c1-13-11-19(29-22(26-13)30-9-6-15(31)7-10-30)28-18-12-14(5-8-25-18)27-21(32)20-16(23)3-2-4-17(20)24/h2-5,8,11-12,15,31H,6-7,9-10H2,1H3,(H2,25,26,27,28,29,32). The Morgan fingerprint density at radius 3 is 2.53 bits per heavy atom. The Bertz CT molecular complexity index is 1110. The number of nitrogens with zero attached hydrogens (tertiary/aromatic N) is 4. The Labute approximate surface area is 195 Å². The normalized spacial score (nSPS) is 14.3. The predicted molar refractivity (Wildman–Crippen MR) is 126 cm³/mol. The minimum atomic E-state index is -0.412. The molecule has 0 spiro atoms. The van der Waals surface area contributed by atoms with E-state index in [1.54, 1.807) is 36.5 Å². The lowest BCUT2D eigenvalue weighted by Crippen LogP contribution is -2.37. The van der Waals surface area contributed by atoms with Crippen molar-refractivity contribution in [2.75, 3.05) is 28.6 Å². The number of aromatic nitrogens is 3. The van der Waals surface area contributed by atoms with Gasteiger partial charge in [-0.2, -0.15) is 4.98 Å².